The van der Waals surface area contributed by atoms with Crippen LogP contribution >= 0.6 is 0 Å². The van der Waals surface area contributed by atoms with Crippen molar-refractivity contribution in [3.05, 3.63) is 35.5 Å². The van der Waals surface area contributed by atoms with Crippen LogP contribution in [-0.2, 0) is 12.8 Å². The molecule has 0 spiro atoms. The number of para-hydroxylation sites is 1. The summed E-state index contributed by atoms with van der Waals surface area (Å²) < 4.78 is 16.0. The third-order valence-electron chi connectivity index (χ3n) is 4.79. The summed E-state index contributed by atoms with van der Waals surface area (Å²) in [5, 5.41) is 6.82. The lowest BCUT2D eigenvalue weighted by Crippen LogP contribution is -2.39. The first kappa shape index (κ1) is 19.0. The topological polar surface area (TPSA) is 89.7 Å². The van der Waals surface area contributed by atoms with Crippen molar-refractivity contribution in [1.29, 1.82) is 0 Å². The number of urea groups is 1. The fourth-order valence-electron chi connectivity index (χ4n) is 3.36. The number of aryl methyl sites for hydroxylation is 1. The maximum atomic E-state index is 12.4. The number of benzene rings is 1. The van der Waals surface area contributed by atoms with Gasteiger partial charge in [0.25, 0.3) is 0 Å². The normalized spacial score (nSPS) is 16.4. The van der Waals surface area contributed by atoms with E-state index < -0.39 is 0 Å². The van der Waals surface area contributed by atoms with Gasteiger partial charge in [-0.1, -0.05) is 24.2 Å². The Morgan fingerprint density at radius 1 is 1.37 bits per heavy atom. The monoisotopic (exact) mass is 374 g/mol. The lowest BCUT2D eigenvalue weighted by molar-refractivity contribution is 0.208. The number of nitrogens with zero attached hydrogens (tertiary/aromatic N) is 3. The average molecular weight is 374 g/mol. The van der Waals surface area contributed by atoms with Crippen molar-refractivity contribution >= 4 is 6.03 Å². The number of amides is 2. The Kier molecular flexibility index (Phi) is 6.16. The molecule has 2 heterocycles. The molecule has 27 heavy (non-hydrogen) atoms. The lowest BCUT2D eigenvalue weighted by atomic mass is 9.97. The molecule has 0 aliphatic carbocycles. The fourth-order valence-corrected chi connectivity index (χ4v) is 3.36. The van der Waals surface area contributed by atoms with E-state index in [0.29, 0.717) is 49.9 Å². The molecule has 8 nitrogen and oxygen atoms in total. The molecule has 0 radical (unpaired) electrons. The molecule has 1 saturated heterocycles. The number of rotatable bonds is 7. The molecule has 3 rings (SSSR count). The number of carbonyl (C=O) groups excluding carboxylic acids is 1. The van der Waals surface area contributed by atoms with Gasteiger partial charge in [-0.2, -0.15) is 4.98 Å². The zero-order valence-electron chi connectivity index (χ0n) is 16.0. The minimum atomic E-state index is -0.0708. The minimum Gasteiger partial charge on any atom is -0.493 e. The van der Waals surface area contributed by atoms with Crippen molar-refractivity contribution in [2.75, 3.05) is 33.9 Å². The summed E-state index contributed by atoms with van der Waals surface area (Å²) in [6.07, 6.45) is 2.15. The Hall–Kier alpha value is -2.77. The Morgan fingerprint density at radius 3 is 2.93 bits per heavy atom. The van der Waals surface area contributed by atoms with Crippen molar-refractivity contribution in [2.24, 2.45) is 0 Å². The molecule has 1 aliphatic rings. The molecule has 1 atom stereocenters. The van der Waals surface area contributed by atoms with Gasteiger partial charge in [0.05, 0.1) is 14.2 Å². The van der Waals surface area contributed by atoms with Crippen LogP contribution in [0.2, 0.25) is 0 Å². The molecule has 2 amide bonds. The largest absolute Gasteiger partial charge is 0.493 e. The molecule has 1 aliphatic heterocycles. The van der Waals surface area contributed by atoms with E-state index in [-0.39, 0.29) is 11.9 Å². The maximum Gasteiger partial charge on any atom is 0.317 e. The van der Waals surface area contributed by atoms with Crippen molar-refractivity contribution in [1.82, 2.24) is 20.4 Å². The highest BCUT2D eigenvalue weighted by atomic mass is 16.5. The van der Waals surface area contributed by atoms with E-state index in [4.69, 9.17) is 14.0 Å². The maximum absolute atomic E-state index is 12.4. The van der Waals surface area contributed by atoms with Gasteiger partial charge < -0.3 is 24.2 Å². The summed E-state index contributed by atoms with van der Waals surface area (Å²) in [7, 11) is 3.27. The van der Waals surface area contributed by atoms with Gasteiger partial charge in [-0.15, -0.1) is 0 Å². The molecule has 1 aromatic carbocycles. The van der Waals surface area contributed by atoms with Crippen LogP contribution in [0.25, 0.3) is 0 Å². The lowest BCUT2D eigenvalue weighted by Gasteiger charge is -2.19. The number of aromatic nitrogens is 2. The molecule has 1 unspecified atom stereocenters. The van der Waals surface area contributed by atoms with E-state index in [2.05, 4.69) is 15.5 Å². The van der Waals surface area contributed by atoms with Crippen molar-refractivity contribution < 1.29 is 18.8 Å². The first-order chi connectivity index (χ1) is 13.2. The first-order valence-corrected chi connectivity index (χ1v) is 9.21. The second-order valence-electron chi connectivity index (χ2n) is 6.45. The third-order valence-corrected chi connectivity index (χ3v) is 4.79. The van der Waals surface area contributed by atoms with Crippen LogP contribution in [0.4, 0.5) is 4.79 Å². The van der Waals surface area contributed by atoms with E-state index in [0.717, 1.165) is 17.7 Å². The number of hydrogen-bond donors (Lipinski definition) is 1. The number of methoxy groups -OCH3 is 2. The number of ether oxygens (including phenoxy) is 2. The highest BCUT2D eigenvalue weighted by Crippen LogP contribution is 2.39. The van der Waals surface area contributed by atoms with Gasteiger partial charge in [-0.3, -0.25) is 0 Å². The summed E-state index contributed by atoms with van der Waals surface area (Å²) in [6, 6.07) is 5.80. The highest BCUT2D eigenvalue weighted by molar-refractivity contribution is 5.74. The van der Waals surface area contributed by atoms with Crippen LogP contribution in [0.1, 0.15) is 36.5 Å². The van der Waals surface area contributed by atoms with Crippen LogP contribution in [0.5, 0.6) is 11.5 Å². The Balaban J connectivity index is 1.54. The smallest absolute Gasteiger partial charge is 0.317 e. The number of hydrogen-bond acceptors (Lipinski definition) is 6. The van der Waals surface area contributed by atoms with Crippen molar-refractivity contribution in [3.63, 3.8) is 0 Å². The fraction of sp³-hybridized carbons (Fsp3) is 0.526. The van der Waals surface area contributed by atoms with Crippen LogP contribution in [0.3, 0.4) is 0 Å². The molecular weight excluding hydrogens is 348 g/mol. The van der Waals surface area contributed by atoms with E-state index >= 15 is 0 Å². The molecule has 146 valence electrons. The number of likely N-dealkylation sites (tertiary alicyclic amines) is 1. The second kappa shape index (κ2) is 8.75. The van der Waals surface area contributed by atoms with Gasteiger partial charge in [0, 0.05) is 44.0 Å². The Morgan fingerprint density at radius 2 is 2.22 bits per heavy atom. The number of carbonyl (C=O) groups is 1. The summed E-state index contributed by atoms with van der Waals surface area (Å²) in [6.45, 7) is 3.79. The van der Waals surface area contributed by atoms with Crippen molar-refractivity contribution in [2.45, 2.75) is 32.1 Å². The third kappa shape index (κ3) is 4.32. The van der Waals surface area contributed by atoms with Crippen LogP contribution in [0, 0.1) is 0 Å². The summed E-state index contributed by atoms with van der Waals surface area (Å²) in [4.78, 5) is 18.5. The molecule has 2 aromatic rings. The van der Waals surface area contributed by atoms with Gasteiger partial charge in [0.15, 0.2) is 17.3 Å². The Bertz CT molecular complexity index is 777. The highest BCUT2D eigenvalue weighted by Gasteiger charge is 2.30. The molecule has 0 saturated carbocycles. The predicted octanol–water partition coefficient (Wildman–Crippen LogP) is 2.39. The first-order valence-electron chi connectivity index (χ1n) is 9.21. The summed E-state index contributed by atoms with van der Waals surface area (Å²) >= 11 is 0. The Labute approximate surface area is 158 Å². The zero-order valence-corrected chi connectivity index (χ0v) is 16.0. The van der Waals surface area contributed by atoms with Gasteiger partial charge in [-0.05, 0) is 12.5 Å². The summed E-state index contributed by atoms with van der Waals surface area (Å²) in [5.74, 6) is 2.92. The van der Waals surface area contributed by atoms with E-state index in [1.165, 1.54) is 0 Å². The van der Waals surface area contributed by atoms with Crippen molar-refractivity contribution in [3.8, 4) is 11.5 Å². The van der Waals surface area contributed by atoms with Crippen LogP contribution in [0.15, 0.2) is 22.7 Å². The summed E-state index contributed by atoms with van der Waals surface area (Å²) in [5.41, 5.74) is 1.08. The minimum absolute atomic E-state index is 0.0708. The molecule has 1 aromatic heterocycles. The van der Waals surface area contributed by atoms with Gasteiger partial charge in [0.1, 0.15) is 0 Å². The predicted molar refractivity (Wildman–Crippen MR) is 99.3 cm³/mol. The number of nitrogens with one attached hydrogen (secondary N) is 1. The van der Waals surface area contributed by atoms with Gasteiger partial charge in [0.2, 0.25) is 5.89 Å². The van der Waals surface area contributed by atoms with Gasteiger partial charge >= 0.3 is 6.03 Å². The quantitative estimate of drug-likeness (QED) is 0.800. The second-order valence-corrected chi connectivity index (χ2v) is 6.45. The molecule has 1 N–H and O–H groups in total. The molecular formula is C19H26N4O4. The van der Waals surface area contributed by atoms with E-state index in [9.17, 15) is 4.79 Å². The molecule has 1 fully saturated rings. The molecule has 8 heteroatoms. The van der Waals surface area contributed by atoms with Crippen LogP contribution in [-0.4, -0.2) is 54.9 Å². The van der Waals surface area contributed by atoms with E-state index in [1.807, 2.05) is 30.0 Å². The van der Waals surface area contributed by atoms with Gasteiger partial charge in [-0.25, -0.2) is 4.79 Å². The molecule has 0 bridgehead atoms. The SMILES string of the molecule is CCc1nc(CCNC(=O)N2CCC(c3cccc(OC)c3OC)C2)no1. The average Bonchev–Trinajstić information content (AvgIpc) is 3.36. The zero-order chi connectivity index (χ0) is 19.2. The van der Waals surface area contributed by atoms with Crippen LogP contribution < -0.4 is 14.8 Å². The van der Waals surface area contributed by atoms with E-state index in [1.54, 1.807) is 14.2 Å². The standard InChI is InChI=1S/C19H26N4O4/c1-4-17-21-16(22-27-17)8-10-20-19(24)23-11-9-13(12-23)14-6-5-7-15(25-2)18(14)26-3/h5-7,13H,4,8-12H2,1-3H3,(H,20,24).